The molecule has 1 aliphatic carbocycles. The zero-order chi connectivity index (χ0) is 26.3. The molecule has 1 aliphatic heterocycles. The Morgan fingerprint density at radius 1 is 1.11 bits per heavy atom. The quantitative estimate of drug-likeness (QED) is 0.395. The summed E-state index contributed by atoms with van der Waals surface area (Å²) in [7, 11) is 0. The summed E-state index contributed by atoms with van der Waals surface area (Å²) in [6.07, 6.45) is -4.50. The second-order valence-electron chi connectivity index (χ2n) is 9.87. The van der Waals surface area contributed by atoms with Crippen molar-refractivity contribution >= 4 is 11.9 Å². The number of nitrogens with one attached hydrogen (secondary N) is 2. The van der Waals surface area contributed by atoms with E-state index in [1.54, 1.807) is 18.2 Å². The molecule has 0 aromatic heterocycles. The SMILES string of the molecule is CC(C)(F)C[C@H](N[C@@H](c1ccc(-c2ccc3c(c2)COC3=O)cc1)C(F)(F)F)C(=O)NC1(C#N)CC1. The van der Waals surface area contributed by atoms with Crippen LogP contribution in [0.5, 0.6) is 0 Å². The number of nitriles is 1. The van der Waals surface area contributed by atoms with Crippen LogP contribution in [0.1, 0.15) is 60.6 Å². The van der Waals surface area contributed by atoms with Gasteiger partial charge in [-0.15, -0.1) is 0 Å². The lowest BCUT2D eigenvalue weighted by Gasteiger charge is -2.30. The summed E-state index contributed by atoms with van der Waals surface area (Å²) in [5, 5.41) is 14.0. The summed E-state index contributed by atoms with van der Waals surface area (Å²) >= 11 is 0. The molecule has 2 aromatic rings. The van der Waals surface area contributed by atoms with E-state index in [1.165, 1.54) is 38.1 Å². The average Bonchev–Trinajstić information content (AvgIpc) is 3.48. The maximum atomic E-state index is 14.4. The molecule has 4 rings (SSSR count). The number of cyclic esters (lactones) is 1. The van der Waals surface area contributed by atoms with Gasteiger partial charge in [0.1, 0.15) is 23.9 Å². The van der Waals surface area contributed by atoms with E-state index in [0.717, 1.165) is 0 Å². The van der Waals surface area contributed by atoms with E-state index in [9.17, 15) is 32.4 Å². The minimum absolute atomic E-state index is 0.140. The molecule has 1 heterocycles. The van der Waals surface area contributed by atoms with E-state index in [-0.39, 0.29) is 12.2 Å². The summed E-state index contributed by atoms with van der Waals surface area (Å²) in [5.41, 5.74) is -0.688. The van der Waals surface area contributed by atoms with E-state index < -0.39 is 47.8 Å². The van der Waals surface area contributed by atoms with Crippen molar-refractivity contribution < 1.29 is 31.9 Å². The monoisotopic (exact) mass is 503 g/mol. The second kappa shape index (κ2) is 9.21. The van der Waals surface area contributed by atoms with Gasteiger partial charge in [-0.25, -0.2) is 9.18 Å². The smallest absolute Gasteiger partial charge is 0.407 e. The second-order valence-corrected chi connectivity index (χ2v) is 9.87. The Labute approximate surface area is 205 Å². The Morgan fingerprint density at radius 2 is 1.75 bits per heavy atom. The zero-order valence-corrected chi connectivity index (χ0v) is 19.7. The van der Waals surface area contributed by atoms with Crippen LogP contribution in [0.3, 0.4) is 0 Å². The molecule has 0 spiro atoms. The number of alkyl halides is 4. The van der Waals surface area contributed by atoms with Gasteiger partial charge in [-0.2, -0.15) is 18.4 Å². The number of carbonyl (C=O) groups excluding carboxylic acids is 2. The molecule has 0 unspecified atom stereocenters. The Hall–Kier alpha value is -3.45. The molecule has 6 nitrogen and oxygen atoms in total. The standard InChI is InChI=1S/C26H25F4N3O3/c1-24(2,27)12-20(22(34)33-25(14-31)9-10-25)32-21(26(28,29)30)16-5-3-15(4-6-16)17-7-8-19-18(11-17)13-36-23(19)35/h3-8,11,20-21,32H,9-10,12-13H2,1-2H3,(H,33,34)/t20-,21-/m0/s1. The summed E-state index contributed by atoms with van der Waals surface area (Å²) < 4.78 is 61.7. The highest BCUT2D eigenvalue weighted by molar-refractivity contribution is 5.94. The number of rotatable bonds is 8. The molecular weight excluding hydrogens is 478 g/mol. The van der Waals surface area contributed by atoms with Crippen molar-refractivity contribution in [3.8, 4) is 17.2 Å². The number of hydrogen-bond donors (Lipinski definition) is 2. The van der Waals surface area contributed by atoms with E-state index in [4.69, 9.17) is 4.74 Å². The van der Waals surface area contributed by atoms with Gasteiger partial charge in [0.25, 0.3) is 0 Å². The van der Waals surface area contributed by atoms with Crippen molar-refractivity contribution in [1.82, 2.24) is 10.6 Å². The summed E-state index contributed by atoms with van der Waals surface area (Å²) in [6.45, 7) is 2.50. The number of esters is 1. The van der Waals surface area contributed by atoms with Gasteiger partial charge in [0.2, 0.25) is 5.91 Å². The highest BCUT2D eigenvalue weighted by Crippen LogP contribution is 2.37. The molecule has 1 amide bonds. The molecule has 2 N–H and O–H groups in total. The molecular formula is C26H25F4N3O3. The lowest BCUT2D eigenvalue weighted by atomic mass is 9.95. The molecule has 0 radical (unpaired) electrons. The Balaban J connectivity index is 1.58. The Kier molecular flexibility index (Phi) is 6.56. The molecule has 1 saturated carbocycles. The van der Waals surface area contributed by atoms with Crippen molar-refractivity contribution in [2.45, 2.75) is 69.2 Å². The number of carbonyl (C=O) groups is 2. The number of fused-ring (bicyclic) bond motifs is 1. The predicted octanol–water partition coefficient (Wildman–Crippen LogP) is 4.90. The highest BCUT2D eigenvalue weighted by atomic mass is 19.4. The molecule has 10 heteroatoms. The van der Waals surface area contributed by atoms with Crippen molar-refractivity contribution in [2.24, 2.45) is 0 Å². The molecule has 2 aliphatic rings. The third-order valence-corrected chi connectivity index (χ3v) is 6.29. The van der Waals surface area contributed by atoms with E-state index >= 15 is 0 Å². The topological polar surface area (TPSA) is 91.2 Å². The lowest BCUT2D eigenvalue weighted by molar-refractivity contribution is -0.161. The van der Waals surface area contributed by atoms with Gasteiger partial charge in [-0.05, 0) is 55.5 Å². The largest absolute Gasteiger partial charge is 0.457 e. The van der Waals surface area contributed by atoms with Crippen molar-refractivity contribution in [3.63, 3.8) is 0 Å². The fraction of sp³-hybridized carbons (Fsp3) is 0.423. The highest BCUT2D eigenvalue weighted by Gasteiger charge is 2.48. The van der Waals surface area contributed by atoms with Crippen LogP contribution in [0.25, 0.3) is 11.1 Å². The van der Waals surface area contributed by atoms with Gasteiger partial charge in [0, 0.05) is 12.0 Å². The van der Waals surface area contributed by atoms with Gasteiger partial charge in [0.05, 0.1) is 17.7 Å². The number of ether oxygens (including phenoxy) is 1. The third-order valence-electron chi connectivity index (χ3n) is 6.29. The van der Waals surface area contributed by atoms with Gasteiger partial charge >= 0.3 is 12.1 Å². The third kappa shape index (κ3) is 5.68. The van der Waals surface area contributed by atoms with Crippen LogP contribution in [-0.2, 0) is 16.1 Å². The first kappa shape index (κ1) is 25.6. The molecule has 190 valence electrons. The Morgan fingerprint density at radius 3 is 2.31 bits per heavy atom. The Bertz CT molecular complexity index is 1210. The maximum absolute atomic E-state index is 14.4. The van der Waals surface area contributed by atoms with Crippen LogP contribution < -0.4 is 10.6 Å². The van der Waals surface area contributed by atoms with Crippen LogP contribution in [-0.4, -0.2) is 35.3 Å². The predicted molar refractivity (Wildman–Crippen MR) is 122 cm³/mol. The fourth-order valence-electron chi connectivity index (χ4n) is 4.19. The van der Waals surface area contributed by atoms with E-state index in [2.05, 4.69) is 10.6 Å². The average molecular weight is 503 g/mol. The number of halogens is 4. The number of nitrogens with zero attached hydrogens (tertiary/aromatic N) is 1. The van der Waals surface area contributed by atoms with Gasteiger partial charge in [0.15, 0.2) is 0 Å². The van der Waals surface area contributed by atoms with Gasteiger partial charge < -0.3 is 10.1 Å². The fourth-order valence-corrected chi connectivity index (χ4v) is 4.19. The number of benzene rings is 2. The van der Waals surface area contributed by atoms with Crippen molar-refractivity contribution in [2.75, 3.05) is 0 Å². The maximum Gasteiger partial charge on any atom is 0.407 e. The summed E-state index contributed by atoms with van der Waals surface area (Å²) in [6, 6.07) is 8.86. The number of hydrogen-bond acceptors (Lipinski definition) is 5. The van der Waals surface area contributed by atoms with Crippen molar-refractivity contribution in [3.05, 3.63) is 59.2 Å². The van der Waals surface area contributed by atoms with Gasteiger partial charge in [-0.3, -0.25) is 10.1 Å². The molecule has 36 heavy (non-hydrogen) atoms. The van der Waals surface area contributed by atoms with E-state index in [1.807, 2.05) is 6.07 Å². The molecule has 2 atom stereocenters. The van der Waals surface area contributed by atoms with E-state index in [0.29, 0.717) is 35.1 Å². The van der Waals surface area contributed by atoms with Crippen LogP contribution in [0.4, 0.5) is 17.6 Å². The normalized spacial score (nSPS) is 18.0. The minimum atomic E-state index is -4.78. The molecule has 1 fully saturated rings. The first-order chi connectivity index (χ1) is 16.8. The minimum Gasteiger partial charge on any atom is -0.457 e. The van der Waals surface area contributed by atoms with Crippen LogP contribution >= 0.6 is 0 Å². The summed E-state index contributed by atoms with van der Waals surface area (Å²) in [5.74, 6) is -1.26. The van der Waals surface area contributed by atoms with Crippen LogP contribution in [0.15, 0.2) is 42.5 Å². The number of amides is 1. The first-order valence-electron chi connectivity index (χ1n) is 11.5. The zero-order valence-electron chi connectivity index (χ0n) is 19.7. The molecule has 2 aromatic carbocycles. The van der Waals surface area contributed by atoms with Crippen LogP contribution in [0.2, 0.25) is 0 Å². The lowest BCUT2D eigenvalue weighted by Crippen LogP contribution is -2.53. The summed E-state index contributed by atoms with van der Waals surface area (Å²) in [4.78, 5) is 24.4. The molecule has 0 bridgehead atoms. The van der Waals surface area contributed by atoms with Gasteiger partial charge in [-0.1, -0.05) is 30.3 Å². The first-order valence-corrected chi connectivity index (χ1v) is 11.5. The van der Waals surface area contributed by atoms with Crippen molar-refractivity contribution in [1.29, 1.82) is 5.26 Å². The molecule has 0 saturated heterocycles. The van der Waals surface area contributed by atoms with Crippen LogP contribution in [0, 0.1) is 11.3 Å².